The van der Waals surface area contributed by atoms with Gasteiger partial charge in [-0.2, -0.15) is 4.39 Å². The van der Waals surface area contributed by atoms with Gasteiger partial charge in [0.2, 0.25) is 5.82 Å². The molecular weight excluding hydrogens is 280 g/mol. The van der Waals surface area contributed by atoms with Crippen molar-refractivity contribution in [2.75, 3.05) is 19.6 Å². The Labute approximate surface area is 122 Å². The lowest BCUT2D eigenvalue weighted by Crippen LogP contribution is -2.37. The minimum absolute atomic E-state index is 0.108. The molecule has 0 amide bonds. The Bertz CT molecular complexity index is 519. The van der Waals surface area contributed by atoms with Crippen LogP contribution in [0.4, 0.5) is 14.5 Å². The summed E-state index contributed by atoms with van der Waals surface area (Å²) in [6, 6.07) is 1.66. The van der Waals surface area contributed by atoms with Crippen molar-refractivity contribution in [1.82, 2.24) is 10.2 Å². The molecule has 1 aromatic carbocycles. The number of nitro benzene ring substituents is 1. The molecule has 0 aliphatic carbocycles. The van der Waals surface area contributed by atoms with Crippen LogP contribution in [0.2, 0.25) is 0 Å². The summed E-state index contributed by atoms with van der Waals surface area (Å²) in [7, 11) is 0. The number of nitrogens with one attached hydrogen (secondary N) is 1. The second-order valence-corrected chi connectivity index (χ2v) is 5.44. The number of halogens is 2. The van der Waals surface area contributed by atoms with Gasteiger partial charge in [-0.1, -0.05) is 0 Å². The molecule has 0 aromatic heterocycles. The highest BCUT2D eigenvalue weighted by atomic mass is 19.1. The van der Waals surface area contributed by atoms with Gasteiger partial charge in [-0.15, -0.1) is 0 Å². The van der Waals surface area contributed by atoms with Gasteiger partial charge in [-0.3, -0.25) is 10.1 Å². The molecule has 1 atom stereocenters. The quantitative estimate of drug-likeness (QED) is 0.647. The Morgan fingerprint density at radius 2 is 2.00 bits per heavy atom. The number of likely N-dealkylation sites (tertiary alicyclic amines) is 1. The van der Waals surface area contributed by atoms with Gasteiger partial charge in [0.25, 0.3) is 0 Å². The normalized spacial score (nSPS) is 17.1. The molecule has 1 aliphatic rings. The van der Waals surface area contributed by atoms with Crippen LogP contribution in [0.15, 0.2) is 12.1 Å². The molecule has 2 rings (SSSR count). The fourth-order valence-electron chi connectivity index (χ4n) is 2.56. The average Bonchev–Trinajstić information content (AvgIpc) is 2.90. The molecule has 1 unspecified atom stereocenters. The molecule has 1 fully saturated rings. The predicted molar refractivity (Wildman–Crippen MR) is 75.0 cm³/mol. The van der Waals surface area contributed by atoms with Crippen LogP contribution in [0.5, 0.6) is 0 Å². The highest BCUT2D eigenvalue weighted by Crippen LogP contribution is 2.21. The lowest BCUT2D eigenvalue weighted by Gasteiger charge is -2.21. The molecule has 21 heavy (non-hydrogen) atoms. The summed E-state index contributed by atoms with van der Waals surface area (Å²) in [6.45, 7) is 5.12. The van der Waals surface area contributed by atoms with Crippen molar-refractivity contribution in [1.29, 1.82) is 0 Å². The summed E-state index contributed by atoms with van der Waals surface area (Å²) in [4.78, 5) is 12.1. The fourth-order valence-corrected chi connectivity index (χ4v) is 2.56. The van der Waals surface area contributed by atoms with Crippen LogP contribution in [-0.2, 0) is 6.54 Å². The first-order valence-corrected chi connectivity index (χ1v) is 7.05. The van der Waals surface area contributed by atoms with Crippen molar-refractivity contribution >= 4 is 5.69 Å². The first kappa shape index (κ1) is 15.8. The highest BCUT2D eigenvalue weighted by molar-refractivity contribution is 5.37. The maximum absolute atomic E-state index is 13.6. The molecule has 5 nitrogen and oxygen atoms in total. The van der Waals surface area contributed by atoms with Crippen molar-refractivity contribution in [3.63, 3.8) is 0 Å². The third kappa shape index (κ3) is 4.18. The predicted octanol–water partition coefficient (Wildman–Crippen LogP) is 2.45. The third-order valence-electron chi connectivity index (χ3n) is 3.68. The summed E-state index contributed by atoms with van der Waals surface area (Å²) in [5, 5.41) is 13.8. The molecule has 1 saturated heterocycles. The van der Waals surface area contributed by atoms with Crippen LogP contribution in [0.1, 0.15) is 25.3 Å². The molecule has 1 heterocycles. The van der Waals surface area contributed by atoms with Gasteiger partial charge in [0.15, 0.2) is 0 Å². The number of hydrogen-bond donors (Lipinski definition) is 1. The molecular formula is C14H19F2N3O2. The molecule has 0 saturated carbocycles. The first-order valence-electron chi connectivity index (χ1n) is 7.05. The van der Waals surface area contributed by atoms with E-state index in [2.05, 4.69) is 10.2 Å². The summed E-state index contributed by atoms with van der Waals surface area (Å²) in [5.74, 6) is -1.91. The summed E-state index contributed by atoms with van der Waals surface area (Å²) in [5.41, 5.74) is -0.586. The van der Waals surface area contributed by atoms with Gasteiger partial charge in [-0.05, 0) is 32.9 Å². The minimum atomic E-state index is -1.15. The Balaban J connectivity index is 1.95. The number of benzene rings is 1. The van der Waals surface area contributed by atoms with E-state index in [1.807, 2.05) is 6.92 Å². The van der Waals surface area contributed by atoms with Crippen molar-refractivity contribution in [2.45, 2.75) is 32.4 Å². The van der Waals surface area contributed by atoms with E-state index in [0.717, 1.165) is 25.7 Å². The van der Waals surface area contributed by atoms with Crippen LogP contribution in [0, 0.1) is 21.7 Å². The van der Waals surface area contributed by atoms with Crippen molar-refractivity contribution in [3.05, 3.63) is 39.4 Å². The van der Waals surface area contributed by atoms with Gasteiger partial charge in [0.05, 0.1) is 4.92 Å². The summed E-state index contributed by atoms with van der Waals surface area (Å²) >= 11 is 0. The van der Waals surface area contributed by atoms with E-state index in [1.165, 1.54) is 12.8 Å². The van der Waals surface area contributed by atoms with E-state index >= 15 is 0 Å². The number of nitrogens with zero attached hydrogens (tertiary/aromatic N) is 2. The van der Waals surface area contributed by atoms with Gasteiger partial charge >= 0.3 is 5.69 Å². The van der Waals surface area contributed by atoms with Gasteiger partial charge in [0.1, 0.15) is 5.82 Å². The van der Waals surface area contributed by atoms with Crippen molar-refractivity contribution in [3.8, 4) is 0 Å². The Hall–Kier alpha value is -1.60. The van der Waals surface area contributed by atoms with E-state index in [0.29, 0.717) is 6.07 Å². The fraction of sp³-hybridized carbons (Fsp3) is 0.571. The summed E-state index contributed by atoms with van der Waals surface area (Å²) in [6.07, 6.45) is 2.40. The topological polar surface area (TPSA) is 58.4 Å². The Kier molecular flexibility index (Phi) is 5.19. The second-order valence-electron chi connectivity index (χ2n) is 5.44. The summed E-state index contributed by atoms with van der Waals surface area (Å²) < 4.78 is 26.9. The zero-order chi connectivity index (χ0) is 15.4. The van der Waals surface area contributed by atoms with E-state index in [9.17, 15) is 18.9 Å². The Morgan fingerprint density at radius 3 is 2.62 bits per heavy atom. The molecule has 1 aromatic rings. The molecule has 1 aliphatic heterocycles. The van der Waals surface area contributed by atoms with E-state index < -0.39 is 22.2 Å². The van der Waals surface area contributed by atoms with Crippen molar-refractivity contribution in [2.24, 2.45) is 0 Å². The van der Waals surface area contributed by atoms with Gasteiger partial charge in [-0.25, -0.2) is 4.39 Å². The zero-order valence-electron chi connectivity index (χ0n) is 11.9. The van der Waals surface area contributed by atoms with Gasteiger partial charge in [0, 0.05) is 36.8 Å². The SMILES string of the molecule is CC(CN1CCCC1)NCc1cc([N+](=O)[O-])c(F)cc1F. The van der Waals surface area contributed by atoms with Crippen LogP contribution >= 0.6 is 0 Å². The number of nitro groups is 1. The maximum atomic E-state index is 13.6. The maximum Gasteiger partial charge on any atom is 0.305 e. The van der Waals surface area contributed by atoms with Crippen molar-refractivity contribution < 1.29 is 13.7 Å². The molecule has 0 spiro atoms. The molecule has 116 valence electrons. The minimum Gasteiger partial charge on any atom is -0.309 e. The van der Waals surface area contributed by atoms with Crippen LogP contribution < -0.4 is 5.32 Å². The lowest BCUT2D eigenvalue weighted by molar-refractivity contribution is -0.387. The smallest absolute Gasteiger partial charge is 0.305 e. The molecule has 0 bridgehead atoms. The average molecular weight is 299 g/mol. The molecule has 7 heteroatoms. The largest absolute Gasteiger partial charge is 0.309 e. The lowest BCUT2D eigenvalue weighted by atomic mass is 10.1. The van der Waals surface area contributed by atoms with Gasteiger partial charge < -0.3 is 10.2 Å². The highest BCUT2D eigenvalue weighted by Gasteiger charge is 2.19. The number of rotatable bonds is 6. The van der Waals surface area contributed by atoms with Crippen LogP contribution in [0.3, 0.4) is 0 Å². The van der Waals surface area contributed by atoms with Crippen LogP contribution in [0.25, 0.3) is 0 Å². The monoisotopic (exact) mass is 299 g/mol. The third-order valence-corrected chi connectivity index (χ3v) is 3.68. The Morgan fingerprint density at radius 1 is 1.33 bits per heavy atom. The van der Waals surface area contributed by atoms with E-state index in [4.69, 9.17) is 0 Å². The van der Waals surface area contributed by atoms with E-state index in [1.54, 1.807) is 0 Å². The molecule has 0 radical (unpaired) electrons. The van der Waals surface area contributed by atoms with Crippen LogP contribution in [-0.4, -0.2) is 35.5 Å². The van der Waals surface area contributed by atoms with E-state index in [-0.39, 0.29) is 18.2 Å². The standard InChI is InChI=1S/C14H19F2N3O2/c1-10(9-18-4-2-3-5-18)17-8-11-6-14(19(20)21)13(16)7-12(11)15/h6-7,10,17H,2-5,8-9H2,1H3. The second kappa shape index (κ2) is 6.91. The number of hydrogen-bond acceptors (Lipinski definition) is 4. The first-order chi connectivity index (χ1) is 9.97. The zero-order valence-corrected chi connectivity index (χ0v) is 11.9. The molecule has 1 N–H and O–H groups in total.